The van der Waals surface area contributed by atoms with Gasteiger partial charge in [-0.2, -0.15) is 0 Å². The van der Waals surface area contributed by atoms with E-state index in [0.717, 1.165) is 25.1 Å². The molecule has 0 bridgehead atoms. The first-order valence-electron chi connectivity index (χ1n) is 7.88. The number of carbonyl (C=O) groups excluding carboxylic acids is 1. The second kappa shape index (κ2) is 8.15. The minimum absolute atomic E-state index is 0.0609. The molecule has 2 N–H and O–H groups in total. The van der Waals surface area contributed by atoms with Crippen molar-refractivity contribution in [2.75, 3.05) is 33.4 Å². The Balaban J connectivity index is 1.99. The molecule has 1 fully saturated rings. The smallest absolute Gasteiger partial charge is 0.254 e. The lowest BCUT2D eigenvalue weighted by Gasteiger charge is -2.38. The highest BCUT2D eigenvalue weighted by molar-refractivity contribution is 5.94. The van der Waals surface area contributed by atoms with E-state index in [1.165, 1.54) is 0 Å². The summed E-state index contributed by atoms with van der Waals surface area (Å²) in [7, 11) is 1.64. The molecule has 22 heavy (non-hydrogen) atoms. The number of carbonyl (C=O) groups is 1. The van der Waals surface area contributed by atoms with Crippen LogP contribution in [-0.2, 0) is 4.74 Å². The Labute approximate surface area is 132 Å². The summed E-state index contributed by atoms with van der Waals surface area (Å²) < 4.78 is 10.5. The number of benzene rings is 1. The van der Waals surface area contributed by atoms with Crippen molar-refractivity contribution >= 4 is 5.91 Å². The van der Waals surface area contributed by atoms with E-state index in [9.17, 15) is 4.79 Å². The number of piperidine rings is 1. The van der Waals surface area contributed by atoms with Crippen LogP contribution >= 0.6 is 0 Å². The summed E-state index contributed by atoms with van der Waals surface area (Å²) in [5.74, 6) is 1.44. The lowest BCUT2D eigenvalue weighted by atomic mass is 9.92. The minimum Gasteiger partial charge on any atom is -0.491 e. The molecule has 1 aliphatic rings. The summed E-state index contributed by atoms with van der Waals surface area (Å²) in [4.78, 5) is 14.6. The summed E-state index contributed by atoms with van der Waals surface area (Å²) in [6.07, 6.45) is 2.03. The van der Waals surface area contributed by atoms with Crippen molar-refractivity contribution < 1.29 is 14.3 Å². The lowest BCUT2D eigenvalue weighted by molar-refractivity contribution is 0.0573. The summed E-state index contributed by atoms with van der Waals surface area (Å²) in [5, 5.41) is 0. The van der Waals surface area contributed by atoms with Crippen molar-refractivity contribution in [3.8, 4) is 5.75 Å². The van der Waals surface area contributed by atoms with E-state index in [1.54, 1.807) is 7.11 Å². The molecule has 0 spiro atoms. The van der Waals surface area contributed by atoms with Gasteiger partial charge in [0.2, 0.25) is 0 Å². The second-order valence-electron chi connectivity index (χ2n) is 5.88. The van der Waals surface area contributed by atoms with Crippen LogP contribution in [0.15, 0.2) is 24.3 Å². The normalized spacial score (nSPS) is 21.7. The van der Waals surface area contributed by atoms with Crippen LogP contribution in [0.5, 0.6) is 5.75 Å². The molecule has 1 aliphatic heterocycles. The zero-order chi connectivity index (χ0) is 15.9. The van der Waals surface area contributed by atoms with Gasteiger partial charge in [-0.05, 0) is 43.0 Å². The predicted octanol–water partition coefficient (Wildman–Crippen LogP) is 1.91. The van der Waals surface area contributed by atoms with Crippen LogP contribution in [0.1, 0.15) is 30.1 Å². The highest BCUT2D eigenvalue weighted by Gasteiger charge is 2.29. The zero-order valence-corrected chi connectivity index (χ0v) is 13.5. The van der Waals surface area contributed by atoms with Gasteiger partial charge in [0.25, 0.3) is 5.91 Å². The lowest BCUT2D eigenvalue weighted by Crippen LogP contribution is -2.49. The van der Waals surface area contributed by atoms with Crippen molar-refractivity contribution in [1.29, 1.82) is 0 Å². The fourth-order valence-electron chi connectivity index (χ4n) is 2.84. The maximum absolute atomic E-state index is 12.7. The van der Waals surface area contributed by atoms with Crippen molar-refractivity contribution in [2.24, 2.45) is 11.7 Å². The molecule has 2 rings (SSSR count). The van der Waals surface area contributed by atoms with Crippen LogP contribution in [0.3, 0.4) is 0 Å². The number of rotatable bonds is 6. The number of amides is 1. The third-order valence-electron chi connectivity index (χ3n) is 4.17. The van der Waals surface area contributed by atoms with E-state index in [-0.39, 0.29) is 11.9 Å². The van der Waals surface area contributed by atoms with Gasteiger partial charge in [-0.15, -0.1) is 0 Å². The molecule has 0 radical (unpaired) electrons. The van der Waals surface area contributed by atoms with E-state index in [0.29, 0.717) is 31.2 Å². The van der Waals surface area contributed by atoms with Crippen molar-refractivity contribution in [3.05, 3.63) is 29.8 Å². The Kier molecular flexibility index (Phi) is 6.21. The van der Waals surface area contributed by atoms with E-state index in [1.807, 2.05) is 29.2 Å². The fourth-order valence-corrected chi connectivity index (χ4v) is 2.84. The highest BCUT2D eigenvalue weighted by Crippen LogP contribution is 2.24. The Hall–Kier alpha value is -1.59. The van der Waals surface area contributed by atoms with Crippen LogP contribution in [0.25, 0.3) is 0 Å². The summed E-state index contributed by atoms with van der Waals surface area (Å²) in [6.45, 7) is 4.58. The average Bonchev–Trinajstić information content (AvgIpc) is 2.55. The molecule has 1 heterocycles. The molecule has 2 atom stereocenters. The second-order valence-corrected chi connectivity index (χ2v) is 5.88. The fraction of sp³-hybridized carbons (Fsp3) is 0.588. The first-order valence-corrected chi connectivity index (χ1v) is 7.88. The number of nitrogens with two attached hydrogens (primary N) is 1. The first-order chi connectivity index (χ1) is 10.7. The Morgan fingerprint density at radius 3 is 2.68 bits per heavy atom. The van der Waals surface area contributed by atoms with Crippen LogP contribution in [0.4, 0.5) is 0 Å². The number of hydrogen-bond acceptors (Lipinski definition) is 4. The van der Waals surface area contributed by atoms with Gasteiger partial charge in [-0.25, -0.2) is 0 Å². The molecule has 1 saturated heterocycles. The highest BCUT2D eigenvalue weighted by atomic mass is 16.5. The van der Waals surface area contributed by atoms with Gasteiger partial charge >= 0.3 is 0 Å². The summed E-state index contributed by atoms with van der Waals surface area (Å²) >= 11 is 0. The van der Waals surface area contributed by atoms with Gasteiger partial charge in [0.1, 0.15) is 12.4 Å². The van der Waals surface area contributed by atoms with E-state index in [4.69, 9.17) is 15.2 Å². The quantitative estimate of drug-likeness (QED) is 0.815. The molecule has 2 unspecified atom stereocenters. The average molecular weight is 306 g/mol. The van der Waals surface area contributed by atoms with Crippen LogP contribution in [0, 0.1) is 5.92 Å². The van der Waals surface area contributed by atoms with Gasteiger partial charge in [-0.1, -0.05) is 6.92 Å². The van der Waals surface area contributed by atoms with Crippen molar-refractivity contribution in [1.82, 2.24) is 4.90 Å². The van der Waals surface area contributed by atoms with E-state index >= 15 is 0 Å². The third kappa shape index (κ3) is 4.21. The molecule has 0 aromatic heterocycles. The SMILES string of the molecule is COCCOc1ccc(C(=O)N2CCC(C)CC2CN)cc1. The van der Waals surface area contributed by atoms with Gasteiger partial charge in [0.05, 0.1) is 6.61 Å². The van der Waals surface area contributed by atoms with Crippen LogP contribution in [0.2, 0.25) is 0 Å². The maximum atomic E-state index is 12.7. The number of likely N-dealkylation sites (tertiary alicyclic amines) is 1. The monoisotopic (exact) mass is 306 g/mol. The molecule has 1 aromatic carbocycles. The Bertz CT molecular complexity index is 475. The minimum atomic E-state index is 0.0609. The van der Waals surface area contributed by atoms with Crippen LogP contribution in [-0.4, -0.2) is 50.3 Å². The third-order valence-corrected chi connectivity index (χ3v) is 4.17. The van der Waals surface area contributed by atoms with E-state index in [2.05, 4.69) is 6.92 Å². The van der Waals surface area contributed by atoms with Crippen LogP contribution < -0.4 is 10.5 Å². The largest absolute Gasteiger partial charge is 0.491 e. The number of hydrogen-bond donors (Lipinski definition) is 1. The molecular weight excluding hydrogens is 280 g/mol. The Morgan fingerprint density at radius 2 is 2.05 bits per heavy atom. The number of nitrogens with zero attached hydrogens (tertiary/aromatic N) is 1. The van der Waals surface area contributed by atoms with Gasteiger partial charge < -0.3 is 20.1 Å². The molecule has 0 saturated carbocycles. The molecule has 1 aromatic rings. The van der Waals surface area contributed by atoms with Gasteiger partial charge in [0, 0.05) is 31.8 Å². The van der Waals surface area contributed by atoms with Crippen molar-refractivity contribution in [2.45, 2.75) is 25.8 Å². The Morgan fingerprint density at radius 1 is 1.32 bits per heavy atom. The number of ether oxygens (including phenoxy) is 2. The predicted molar refractivity (Wildman–Crippen MR) is 86.1 cm³/mol. The standard InChI is InChI=1S/C17H26N2O3/c1-13-7-8-19(15(11-13)12-18)17(20)14-3-5-16(6-4-14)22-10-9-21-2/h3-6,13,15H,7-12,18H2,1-2H3. The summed E-state index contributed by atoms with van der Waals surface area (Å²) in [6, 6.07) is 7.43. The molecule has 1 amide bonds. The molecule has 5 heteroatoms. The summed E-state index contributed by atoms with van der Waals surface area (Å²) in [5.41, 5.74) is 6.53. The van der Waals surface area contributed by atoms with Crippen molar-refractivity contribution in [3.63, 3.8) is 0 Å². The molecule has 5 nitrogen and oxygen atoms in total. The van der Waals surface area contributed by atoms with Gasteiger partial charge in [0.15, 0.2) is 0 Å². The topological polar surface area (TPSA) is 64.8 Å². The first kappa shape index (κ1) is 16.8. The maximum Gasteiger partial charge on any atom is 0.254 e. The molecule has 0 aliphatic carbocycles. The van der Waals surface area contributed by atoms with Gasteiger partial charge in [-0.3, -0.25) is 4.79 Å². The zero-order valence-electron chi connectivity index (χ0n) is 13.5. The number of methoxy groups -OCH3 is 1. The molecular formula is C17H26N2O3. The van der Waals surface area contributed by atoms with E-state index < -0.39 is 0 Å². The molecule has 122 valence electrons.